The van der Waals surface area contributed by atoms with E-state index in [-0.39, 0.29) is 0 Å². The minimum absolute atomic E-state index is 0.417. The molecule has 0 fully saturated rings. The topological polar surface area (TPSA) is 54.5 Å². The maximum atomic E-state index is 8.74. The second-order valence-electron chi connectivity index (χ2n) is 3.11. The zero-order valence-corrected chi connectivity index (χ0v) is 11.2. The van der Waals surface area contributed by atoms with Gasteiger partial charge in [-0.1, -0.05) is 0 Å². The van der Waals surface area contributed by atoms with Crippen LogP contribution in [0.2, 0.25) is 0 Å². The maximum absolute atomic E-state index is 8.74. The van der Waals surface area contributed by atoms with Crippen LogP contribution in [0.25, 0.3) is 0 Å². The first kappa shape index (κ1) is 11.3. The number of pyridine rings is 1. The maximum Gasteiger partial charge on any atom is 0.140 e. The predicted molar refractivity (Wildman–Crippen MR) is 65.7 cm³/mol. The lowest BCUT2D eigenvalue weighted by molar-refractivity contribution is 0.666. The van der Waals surface area contributed by atoms with Crippen molar-refractivity contribution in [2.24, 2.45) is 0 Å². The van der Waals surface area contributed by atoms with E-state index in [1.165, 1.54) is 0 Å². The van der Waals surface area contributed by atoms with E-state index in [2.05, 4.69) is 41.9 Å². The van der Waals surface area contributed by atoms with Crippen molar-refractivity contribution in [3.63, 3.8) is 0 Å². The summed E-state index contributed by atoms with van der Waals surface area (Å²) in [6, 6.07) is 7.49. The van der Waals surface area contributed by atoms with Gasteiger partial charge in [0.2, 0.25) is 0 Å². The number of hydrogen-bond donors (Lipinski definition) is 0. The van der Waals surface area contributed by atoms with Crippen molar-refractivity contribution in [2.45, 2.75) is 6.54 Å². The van der Waals surface area contributed by atoms with Crippen LogP contribution in [-0.2, 0) is 6.54 Å². The van der Waals surface area contributed by atoms with Gasteiger partial charge in [-0.3, -0.25) is 4.68 Å². The number of rotatable bonds is 2. The Balaban J connectivity index is 2.27. The molecule has 2 rings (SSSR count). The normalized spacial score (nSPS) is 10.1. The van der Waals surface area contributed by atoms with Crippen LogP contribution in [0.5, 0.6) is 0 Å². The van der Waals surface area contributed by atoms with Crippen molar-refractivity contribution in [3.8, 4) is 6.07 Å². The average molecular weight is 342 g/mol. The summed E-state index contributed by atoms with van der Waals surface area (Å²) in [5.74, 6) is 0. The standard InChI is InChI=1S/C10H6Br2N4/c11-9-4-10(12)16(15-9)6-7-1-2-14-8(3-7)5-13/h1-4H,6H2. The Hall–Kier alpha value is -1.19. The van der Waals surface area contributed by atoms with Crippen molar-refractivity contribution in [1.82, 2.24) is 14.8 Å². The smallest absolute Gasteiger partial charge is 0.140 e. The third-order valence-electron chi connectivity index (χ3n) is 1.97. The largest absolute Gasteiger partial charge is 0.253 e. The molecule has 80 valence electrons. The van der Waals surface area contributed by atoms with E-state index in [9.17, 15) is 0 Å². The van der Waals surface area contributed by atoms with Crippen LogP contribution in [0.4, 0.5) is 0 Å². The Kier molecular flexibility index (Phi) is 3.36. The van der Waals surface area contributed by atoms with Crippen LogP contribution in [-0.4, -0.2) is 14.8 Å². The molecule has 0 amide bonds. The van der Waals surface area contributed by atoms with E-state index in [1.54, 1.807) is 16.9 Å². The molecule has 0 aliphatic heterocycles. The Bertz CT molecular complexity index is 556. The van der Waals surface area contributed by atoms with E-state index < -0.39 is 0 Å². The molecule has 2 aromatic heterocycles. The molecule has 0 N–H and O–H groups in total. The van der Waals surface area contributed by atoms with E-state index in [4.69, 9.17) is 5.26 Å². The first-order valence-corrected chi connectivity index (χ1v) is 6.01. The van der Waals surface area contributed by atoms with Crippen LogP contribution < -0.4 is 0 Å². The molecule has 0 atom stereocenters. The van der Waals surface area contributed by atoms with Gasteiger partial charge in [0.05, 0.1) is 6.54 Å². The first-order valence-electron chi connectivity index (χ1n) is 4.43. The van der Waals surface area contributed by atoms with E-state index in [1.807, 2.05) is 18.2 Å². The van der Waals surface area contributed by atoms with Gasteiger partial charge in [-0.2, -0.15) is 10.4 Å². The van der Waals surface area contributed by atoms with Crippen molar-refractivity contribution in [3.05, 3.63) is 44.9 Å². The number of nitriles is 1. The summed E-state index contributed by atoms with van der Waals surface area (Å²) in [4.78, 5) is 3.92. The first-order chi connectivity index (χ1) is 7.69. The predicted octanol–water partition coefficient (Wildman–Crippen LogP) is 2.72. The van der Waals surface area contributed by atoms with Crippen LogP contribution >= 0.6 is 31.9 Å². The molecule has 0 bridgehead atoms. The molecule has 2 heterocycles. The van der Waals surface area contributed by atoms with Gasteiger partial charge in [-0.25, -0.2) is 4.98 Å². The summed E-state index contributed by atoms with van der Waals surface area (Å²) < 4.78 is 3.45. The SMILES string of the molecule is N#Cc1cc(Cn2nc(Br)cc2Br)ccn1. The van der Waals surface area contributed by atoms with Crippen LogP contribution in [0, 0.1) is 11.3 Å². The van der Waals surface area contributed by atoms with Gasteiger partial charge in [-0.15, -0.1) is 0 Å². The Morgan fingerprint density at radius 1 is 1.38 bits per heavy atom. The summed E-state index contributed by atoms with van der Waals surface area (Å²) in [5.41, 5.74) is 1.41. The molecule has 4 nitrogen and oxygen atoms in total. The lowest BCUT2D eigenvalue weighted by Gasteiger charge is -2.03. The molecule has 16 heavy (non-hydrogen) atoms. The number of halogens is 2. The molecular weight excluding hydrogens is 336 g/mol. The summed E-state index contributed by atoms with van der Waals surface area (Å²) >= 11 is 6.70. The fourth-order valence-corrected chi connectivity index (χ4v) is 2.42. The highest BCUT2D eigenvalue weighted by molar-refractivity contribution is 9.11. The summed E-state index contributed by atoms with van der Waals surface area (Å²) in [6.07, 6.45) is 1.63. The fourth-order valence-electron chi connectivity index (χ4n) is 1.28. The molecule has 2 aromatic rings. The van der Waals surface area contributed by atoms with Gasteiger partial charge < -0.3 is 0 Å². The number of nitrogens with zero attached hydrogens (tertiary/aromatic N) is 4. The zero-order chi connectivity index (χ0) is 11.5. The quantitative estimate of drug-likeness (QED) is 0.843. The average Bonchev–Trinajstić information content (AvgIpc) is 2.58. The number of aromatic nitrogens is 3. The zero-order valence-electron chi connectivity index (χ0n) is 8.06. The van der Waals surface area contributed by atoms with Gasteiger partial charge in [0.15, 0.2) is 0 Å². The molecule has 0 aliphatic carbocycles. The summed E-state index contributed by atoms with van der Waals surface area (Å²) in [7, 11) is 0. The van der Waals surface area contributed by atoms with Crippen molar-refractivity contribution < 1.29 is 0 Å². The van der Waals surface area contributed by atoms with Crippen LogP contribution in [0.1, 0.15) is 11.3 Å². The highest BCUT2D eigenvalue weighted by atomic mass is 79.9. The monoisotopic (exact) mass is 340 g/mol. The lowest BCUT2D eigenvalue weighted by atomic mass is 10.2. The van der Waals surface area contributed by atoms with Crippen LogP contribution in [0.15, 0.2) is 33.6 Å². The molecule has 0 unspecified atom stereocenters. The van der Waals surface area contributed by atoms with Gasteiger partial charge in [0, 0.05) is 12.3 Å². The van der Waals surface area contributed by atoms with Crippen molar-refractivity contribution in [1.29, 1.82) is 5.26 Å². The van der Waals surface area contributed by atoms with Crippen LogP contribution in [0.3, 0.4) is 0 Å². The highest BCUT2D eigenvalue weighted by Crippen LogP contribution is 2.17. The van der Waals surface area contributed by atoms with Gasteiger partial charge in [0.25, 0.3) is 0 Å². The fraction of sp³-hybridized carbons (Fsp3) is 0.100. The van der Waals surface area contributed by atoms with Crippen molar-refractivity contribution >= 4 is 31.9 Å². The Morgan fingerprint density at radius 3 is 2.81 bits per heavy atom. The second-order valence-corrected chi connectivity index (χ2v) is 4.73. The molecule has 0 saturated heterocycles. The third kappa shape index (κ3) is 2.49. The third-order valence-corrected chi connectivity index (χ3v) is 3.00. The number of hydrogen-bond acceptors (Lipinski definition) is 3. The highest BCUT2D eigenvalue weighted by Gasteiger charge is 2.04. The van der Waals surface area contributed by atoms with Gasteiger partial charge in [0.1, 0.15) is 21.0 Å². The molecule has 0 saturated carbocycles. The molecule has 0 spiro atoms. The second kappa shape index (κ2) is 4.76. The lowest BCUT2D eigenvalue weighted by Crippen LogP contribution is -2.02. The van der Waals surface area contributed by atoms with E-state index in [0.717, 1.165) is 14.8 Å². The van der Waals surface area contributed by atoms with Gasteiger partial charge in [-0.05, 0) is 49.6 Å². The molecule has 6 heteroatoms. The van der Waals surface area contributed by atoms with Crippen molar-refractivity contribution in [2.75, 3.05) is 0 Å². The molecule has 0 radical (unpaired) electrons. The Labute approximate surface area is 109 Å². The van der Waals surface area contributed by atoms with E-state index in [0.29, 0.717) is 12.2 Å². The van der Waals surface area contributed by atoms with E-state index >= 15 is 0 Å². The molecule has 0 aliphatic rings. The minimum Gasteiger partial charge on any atom is -0.253 e. The summed E-state index contributed by atoms with van der Waals surface area (Å²) in [6.45, 7) is 0.601. The Morgan fingerprint density at radius 2 is 2.19 bits per heavy atom. The summed E-state index contributed by atoms with van der Waals surface area (Å²) in [5, 5.41) is 13.0. The molecule has 0 aromatic carbocycles. The van der Waals surface area contributed by atoms with Gasteiger partial charge >= 0.3 is 0 Å². The minimum atomic E-state index is 0.417. The molecular formula is C10H6Br2N4.